The molecule has 0 amide bonds. The predicted octanol–water partition coefficient (Wildman–Crippen LogP) is 3.58. The molecular formula is C13H13Cl2NO3. The number of carbonyl (C=O) groups is 1. The molecule has 0 aliphatic heterocycles. The van der Waals surface area contributed by atoms with E-state index in [1.54, 1.807) is 25.1 Å². The van der Waals surface area contributed by atoms with E-state index in [0.29, 0.717) is 23.1 Å². The molecule has 1 aliphatic rings. The van der Waals surface area contributed by atoms with Gasteiger partial charge in [0.05, 0.1) is 29.1 Å². The lowest BCUT2D eigenvalue weighted by atomic mass is 9.93. The lowest BCUT2D eigenvalue weighted by Gasteiger charge is -2.14. The van der Waals surface area contributed by atoms with Crippen LogP contribution in [-0.2, 0) is 14.9 Å². The van der Waals surface area contributed by atoms with Gasteiger partial charge >= 0.3 is 5.97 Å². The summed E-state index contributed by atoms with van der Waals surface area (Å²) in [5.74, 6) is -0.625. The van der Waals surface area contributed by atoms with Crippen molar-refractivity contribution in [2.45, 2.75) is 18.8 Å². The van der Waals surface area contributed by atoms with Crippen molar-refractivity contribution in [3.8, 4) is 0 Å². The summed E-state index contributed by atoms with van der Waals surface area (Å²) in [6, 6.07) is 5.12. The van der Waals surface area contributed by atoms with Crippen LogP contribution in [0.4, 0.5) is 0 Å². The van der Waals surface area contributed by atoms with E-state index < -0.39 is 5.41 Å². The number of nitroso groups, excluding NO2 is 1. The van der Waals surface area contributed by atoms with E-state index in [1.165, 1.54) is 0 Å². The number of rotatable bonds is 5. The second-order valence-corrected chi connectivity index (χ2v) is 5.40. The topological polar surface area (TPSA) is 55.7 Å². The van der Waals surface area contributed by atoms with E-state index in [9.17, 15) is 9.70 Å². The van der Waals surface area contributed by atoms with Crippen LogP contribution in [0, 0.1) is 10.8 Å². The van der Waals surface area contributed by atoms with Crippen LogP contribution in [0.1, 0.15) is 18.9 Å². The van der Waals surface area contributed by atoms with Gasteiger partial charge in [-0.05, 0) is 31.0 Å². The first-order valence-corrected chi connectivity index (χ1v) is 6.72. The predicted molar refractivity (Wildman–Crippen MR) is 73.5 cm³/mol. The molecule has 1 saturated carbocycles. The van der Waals surface area contributed by atoms with Crippen molar-refractivity contribution >= 4 is 29.2 Å². The van der Waals surface area contributed by atoms with Crippen molar-refractivity contribution in [3.63, 3.8) is 0 Å². The van der Waals surface area contributed by atoms with E-state index in [0.717, 1.165) is 5.56 Å². The molecule has 0 spiro atoms. The Hall–Kier alpha value is -1.13. The maximum atomic E-state index is 11.8. The summed E-state index contributed by atoms with van der Waals surface area (Å²) in [5.41, 5.74) is 0.224. The summed E-state index contributed by atoms with van der Waals surface area (Å²) in [6.07, 6.45) is 0.551. The van der Waals surface area contributed by atoms with Crippen LogP contribution in [-0.4, -0.2) is 19.1 Å². The minimum atomic E-state index is -0.581. The van der Waals surface area contributed by atoms with Crippen LogP contribution in [0.3, 0.4) is 0 Å². The molecule has 2 rings (SSSR count). The number of hydrogen-bond donors (Lipinski definition) is 0. The fourth-order valence-corrected chi connectivity index (χ4v) is 2.66. The van der Waals surface area contributed by atoms with Crippen molar-refractivity contribution < 1.29 is 9.53 Å². The summed E-state index contributed by atoms with van der Waals surface area (Å²) in [6.45, 7) is 2.11. The van der Waals surface area contributed by atoms with Gasteiger partial charge in [0.25, 0.3) is 0 Å². The second kappa shape index (κ2) is 5.47. The van der Waals surface area contributed by atoms with Crippen LogP contribution in [0.25, 0.3) is 0 Å². The van der Waals surface area contributed by atoms with Gasteiger partial charge in [0, 0.05) is 5.41 Å². The van der Waals surface area contributed by atoms with Gasteiger partial charge in [-0.2, -0.15) is 4.91 Å². The number of carbonyl (C=O) groups excluding carboxylic acids is 1. The van der Waals surface area contributed by atoms with Crippen molar-refractivity contribution in [2.75, 3.05) is 13.2 Å². The molecular weight excluding hydrogens is 289 g/mol. The van der Waals surface area contributed by atoms with Crippen LogP contribution in [0.5, 0.6) is 0 Å². The monoisotopic (exact) mass is 301 g/mol. The fourth-order valence-electron chi connectivity index (χ4n) is 2.36. The quantitative estimate of drug-likeness (QED) is 0.617. The zero-order valence-corrected chi connectivity index (χ0v) is 11.9. The normalized spacial score (nSPS) is 24.9. The number of nitrogens with zero attached hydrogens (tertiary/aromatic N) is 1. The second-order valence-electron chi connectivity index (χ2n) is 4.58. The molecule has 0 bridgehead atoms. The Morgan fingerprint density at radius 3 is 2.79 bits per heavy atom. The Balaban J connectivity index is 2.29. The number of ether oxygens (including phenoxy) is 1. The first-order chi connectivity index (χ1) is 9.05. The van der Waals surface area contributed by atoms with E-state index in [1.807, 2.05) is 0 Å². The highest BCUT2D eigenvalue weighted by Gasteiger charge is 2.60. The van der Waals surface area contributed by atoms with Crippen molar-refractivity contribution in [3.05, 3.63) is 38.7 Å². The van der Waals surface area contributed by atoms with Crippen LogP contribution in [0.15, 0.2) is 23.4 Å². The van der Waals surface area contributed by atoms with Gasteiger partial charge in [0.15, 0.2) is 0 Å². The Morgan fingerprint density at radius 2 is 2.21 bits per heavy atom. The molecule has 1 aliphatic carbocycles. The van der Waals surface area contributed by atoms with Gasteiger partial charge < -0.3 is 4.74 Å². The molecule has 1 fully saturated rings. The lowest BCUT2D eigenvalue weighted by Crippen LogP contribution is -2.20. The molecule has 0 unspecified atom stereocenters. The van der Waals surface area contributed by atoms with Gasteiger partial charge in [-0.1, -0.05) is 34.4 Å². The molecule has 0 heterocycles. The Labute approximate surface area is 121 Å². The molecule has 4 nitrogen and oxygen atoms in total. The molecule has 1 aromatic carbocycles. The molecule has 102 valence electrons. The smallest absolute Gasteiger partial charge is 0.309 e. The lowest BCUT2D eigenvalue weighted by molar-refractivity contribution is -0.145. The molecule has 0 radical (unpaired) electrons. The van der Waals surface area contributed by atoms with Gasteiger partial charge in [0.1, 0.15) is 0 Å². The van der Waals surface area contributed by atoms with Crippen molar-refractivity contribution in [1.82, 2.24) is 0 Å². The Kier molecular flexibility index (Phi) is 4.11. The van der Waals surface area contributed by atoms with Gasteiger partial charge in [-0.25, -0.2) is 0 Å². The minimum absolute atomic E-state index is 0.0362. The summed E-state index contributed by atoms with van der Waals surface area (Å²) >= 11 is 11.8. The molecule has 6 heteroatoms. The van der Waals surface area contributed by atoms with Gasteiger partial charge in [-0.15, -0.1) is 0 Å². The minimum Gasteiger partial charge on any atom is -0.466 e. The third kappa shape index (κ3) is 2.60. The zero-order chi connectivity index (χ0) is 14.0. The first-order valence-electron chi connectivity index (χ1n) is 5.96. The fraction of sp³-hybridized carbons (Fsp3) is 0.462. The molecule has 0 saturated heterocycles. The molecule has 19 heavy (non-hydrogen) atoms. The maximum absolute atomic E-state index is 11.8. The van der Waals surface area contributed by atoms with Crippen molar-refractivity contribution in [2.24, 2.45) is 11.1 Å². The Morgan fingerprint density at radius 1 is 1.47 bits per heavy atom. The van der Waals surface area contributed by atoms with E-state index in [-0.39, 0.29) is 18.4 Å². The van der Waals surface area contributed by atoms with E-state index in [2.05, 4.69) is 5.18 Å². The third-order valence-corrected chi connectivity index (χ3v) is 4.23. The SMILES string of the molecule is CCOC(=O)[C@H]1C[C@]1(CN=O)c1ccc(Cl)c(Cl)c1. The highest BCUT2D eigenvalue weighted by atomic mass is 35.5. The van der Waals surface area contributed by atoms with Crippen molar-refractivity contribution in [1.29, 1.82) is 0 Å². The standard InChI is InChI=1S/C13H13Cl2NO3/c1-2-19-12(17)9-6-13(9,7-16-18)8-3-4-10(14)11(15)5-8/h3-5,9H,2,6-7H2,1H3/t9-,13+/m1/s1. The average Bonchev–Trinajstić information content (AvgIpc) is 3.09. The number of esters is 1. The number of benzene rings is 1. The summed E-state index contributed by atoms with van der Waals surface area (Å²) in [4.78, 5) is 22.4. The van der Waals surface area contributed by atoms with Crippen LogP contribution in [0.2, 0.25) is 10.0 Å². The first kappa shape index (κ1) is 14.3. The Bertz CT molecular complexity index is 521. The number of halogens is 2. The average molecular weight is 302 g/mol. The molecule has 0 aromatic heterocycles. The summed E-state index contributed by atoms with van der Waals surface area (Å²) in [5, 5.41) is 3.80. The van der Waals surface area contributed by atoms with Gasteiger partial charge in [0.2, 0.25) is 0 Å². The third-order valence-electron chi connectivity index (χ3n) is 3.49. The highest BCUT2D eigenvalue weighted by molar-refractivity contribution is 6.42. The van der Waals surface area contributed by atoms with Crippen LogP contribution >= 0.6 is 23.2 Å². The highest BCUT2D eigenvalue weighted by Crippen LogP contribution is 2.55. The number of hydrogen-bond acceptors (Lipinski definition) is 4. The molecule has 2 atom stereocenters. The zero-order valence-electron chi connectivity index (χ0n) is 10.4. The van der Waals surface area contributed by atoms with Gasteiger partial charge in [-0.3, -0.25) is 4.79 Å². The van der Waals surface area contributed by atoms with E-state index >= 15 is 0 Å². The molecule has 1 aromatic rings. The summed E-state index contributed by atoms with van der Waals surface area (Å²) in [7, 11) is 0. The maximum Gasteiger partial charge on any atom is 0.309 e. The summed E-state index contributed by atoms with van der Waals surface area (Å²) < 4.78 is 5.00. The van der Waals surface area contributed by atoms with E-state index in [4.69, 9.17) is 27.9 Å². The largest absolute Gasteiger partial charge is 0.466 e. The molecule has 0 N–H and O–H groups in total. The van der Waals surface area contributed by atoms with Crippen LogP contribution < -0.4 is 0 Å².